The first kappa shape index (κ1) is 22.1. The second-order valence-corrected chi connectivity index (χ2v) is 8.16. The molecule has 1 saturated heterocycles. The lowest BCUT2D eigenvalue weighted by Crippen LogP contribution is -2.40. The van der Waals surface area contributed by atoms with Crippen molar-refractivity contribution in [1.82, 2.24) is 19.4 Å². The van der Waals surface area contributed by atoms with Crippen LogP contribution >= 0.6 is 0 Å². The topological polar surface area (TPSA) is 78.4 Å². The Labute approximate surface area is 178 Å². The molecule has 2 amide bonds. The van der Waals surface area contributed by atoms with Crippen molar-refractivity contribution in [2.45, 2.75) is 64.8 Å². The minimum absolute atomic E-state index is 0.0804. The number of aromatic nitrogens is 2. The van der Waals surface area contributed by atoms with E-state index in [9.17, 15) is 14.4 Å². The van der Waals surface area contributed by atoms with Crippen LogP contribution in [0.1, 0.15) is 64.8 Å². The first-order valence-corrected chi connectivity index (χ1v) is 11.3. The van der Waals surface area contributed by atoms with Crippen molar-refractivity contribution < 1.29 is 9.59 Å². The number of hydrogen-bond acceptors (Lipinski definition) is 3. The number of H-pyrrole nitrogens is 1. The highest BCUT2D eigenvalue weighted by molar-refractivity contribution is 5.79. The third-order valence-electron chi connectivity index (χ3n) is 5.93. The zero-order valence-electron chi connectivity index (χ0n) is 18.2. The molecule has 1 aliphatic heterocycles. The van der Waals surface area contributed by atoms with E-state index in [0.29, 0.717) is 32.4 Å². The highest BCUT2D eigenvalue weighted by Crippen LogP contribution is 2.25. The van der Waals surface area contributed by atoms with Gasteiger partial charge in [0.15, 0.2) is 0 Å². The van der Waals surface area contributed by atoms with Crippen molar-refractivity contribution in [3.63, 3.8) is 0 Å². The number of para-hydroxylation sites is 2. The summed E-state index contributed by atoms with van der Waals surface area (Å²) in [6.07, 6.45) is 4.91. The van der Waals surface area contributed by atoms with Crippen molar-refractivity contribution in [3.8, 4) is 0 Å². The Balaban J connectivity index is 1.48. The van der Waals surface area contributed by atoms with Gasteiger partial charge in [-0.2, -0.15) is 0 Å². The van der Waals surface area contributed by atoms with Gasteiger partial charge in [-0.25, -0.2) is 4.79 Å². The number of nitrogens with one attached hydrogen (secondary N) is 1. The number of hydrogen-bond donors (Lipinski definition) is 1. The van der Waals surface area contributed by atoms with Crippen LogP contribution < -0.4 is 5.69 Å². The summed E-state index contributed by atoms with van der Waals surface area (Å²) in [5.74, 6) is 0.272. The monoisotopic (exact) mass is 414 g/mol. The lowest BCUT2D eigenvalue weighted by atomic mass is 10.0. The van der Waals surface area contributed by atoms with Crippen molar-refractivity contribution >= 4 is 22.8 Å². The maximum absolute atomic E-state index is 12.6. The minimum Gasteiger partial charge on any atom is -0.343 e. The number of nitrogens with zero attached hydrogens (tertiary/aromatic N) is 3. The standard InChI is InChI=1S/C23H34N4O3/c1-3-14-25(15-4-2)21(28)10-7-11-22(29)26-16-12-18(13-17-26)27-20-9-6-5-8-19(20)24-23(27)30/h5-6,8-9,18H,3-4,7,10-17H2,1-2H3,(H,24,30). The van der Waals surface area contributed by atoms with E-state index in [1.165, 1.54) is 0 Å². The third kappa shape index (κ3) is 5.12. The molecule has 164 valence electrons. The van der Waals surface area contributed by atoms with E-state index in [-0.39, 0.29) is 23.5 Å². The Morgan fingerprint density at radius 2 is 1.73 bits per heavy atom. The molecule has 1 fully saturated rings. The van der Waals surface area contributed by atoms with E-state index in [1.807, 2.05) is 38.6 Å². The van der Waals surface area contributed by atoms with E-state index >= 15 is 0 Å². The fourth-order valence-corrected chi connectivity index (χ4v) is 4.42. The second kappa shape index (κ2) is 10.5. The summed E-state index contributed by atoms with van der Waals surface area (Å²) < 4.78 is 1.84. The maximum Gasteiger partial charge on any atom is 0.326 e. The van der Waals surface area contributed by atoms with Crippen LogP contribution in [0.2, 0.25) is 0 Å². The molecule has 3 rings (SSSR count). The van der Waals surface area contributed by atoms with Crippen molar-refractivity contribution in [2.24, 2.45) is 0 Å². The number of amides is 2. The van der Waals surface area contributed by atoms with Crippen LogP contribution in [-0.4, -0.2) is 57.3 Å². The molecule has 7 heteroatoms. The number of carbonyl (C=O) groups is 2. The average Bonchev–Trinajstić information content (AvgIpc) is 3.09. The van der Waals surface area contributed by atoms with Crippen LogP contribution in [0.25, 0.3) is 11.0 Å². The molecule has 2 heterocycles. The maximum atomic E-state index is 12.6. The highest BCUT2D eigenvalue weighted by atomic mass is 16.2. The third-order valence-corrected chi connectivity index (χ3v) is 5.93. The molecule has 1 aromatic carbocycles. The van der Waals surface area contributed by atoms with Gasteiger partial charge in [0.2, 0.25) is 11.8 Å². The summed E-state index contributed by atoms with van der Waals surface area (Å²) in [5, 5.41) is 0. The Morgan fingerprint density at radius 1 is 1.07 bits per heavy atom. The Bertz CT molecular complexity index is 903. The molecule has 2 aromatic rings. The molecule has 0 radical (unpaired) electrons. The Kier molecular flexibility index (Phi) is 7.71. The van der Waals surface area contributed by atoms with Gasteiger partial charge < -0.3 is 14.8 Å². The quantitative estimate of drug-likeness (QED) is 0.684. The summed E-state index contributed by atoms with van der Waals surface area (Å²) in [5.41, 5.74) is 1.70. The Hall–Kier alpha value is -2.57. The van der Waals surface area contributed by atoms with Gasteiger partial charge in [0.05, 0.1) is 11.0 Å². The van der Waals surface area contributed by atoms with E-state index < -0.39 is 0 Å². The number of fused-ring (bicyclic) bond motifs is 1. The molecule has 0 aliphatic carbocycles. The molecule has 0 saturated carbocycles. The van der Waals surface area contributed by atoms with Crippen molar-refractivity contribution in [2.75, 3.05) is 26.2 Å². The smallest absolute Gasteiger partial charge is 0.326 e. The predicted molar refractivity (Wildman–Crippen MR) is 118 cm³/mol. The summed E-state index contributed by atoms with van der Waals surface area (Å²) in [6, 6.07) is 7.83. The zero-order valence-corrected chi connectivity index (χ0v) is 18.2. The van der Waals surface area contributed by atoms with Gasteiger partial charge in [-0.1, -0.05) is 26.0 Å². The molecule has 0 bridgehead atoms. The fraction of sp³-hybridized carbons (Fsp3) is 0.609. The largest absolute Gasteiger partial charge is 0.343 e. The van der Waals surface area contributed by atoms with E-state index in [0.717, 1.165) is 49.8 Å². The number of likely N-dealkylation sites (tertiary alicyclic amines) is 1. The second-order valence-electron chi connectivity index (χ2n) is 8.16. The first-order valence-electron chi connectivity index (χ1n) is 11.3. The molecule has 0 unspecified atom stereocenters. The van der Waals surface area contributed by atoms with Gasteiger partial charge in [-0.3, -0.25) is 14.2 Å². The van der Waals surface area contributed by atoms with Gasteiger partial charge in [0.1, 0.15) is 0 Å². The summed E-state index contributed by atoms with van der Waals surface area (Å²) in [7, 11) is 0. The summed E-state index contributed by atoms with van der Waals surface area (Å²) >= 11 is 0. The van der Waals surface area contributed by atoms with Crippen molar-refractivity contribution in [3.05, 3.63) is 34.7 Å². The zero-order chi connectivity index (χ0) is 21.5. The molecule has 30 heavy (non-hydrogen) atoms. The summed E-state index contributed by atoms with van der Waals surface area (Å²) in [4.78, 5) is 44.1. The Morgan fingerprint density at radius 3 is 2.40 bits per heavy atom. The van der Waals surface area contributed by atoms with E-state index in [4.69, 9.17) is 0 Å². The predicted octanol–water partition coefficient (Wildman–Crippen LogP) is 3.31. The number of carbonyl (C=O) groups excluding carboxylic acids is 2. The average molecular weight is 415 g/mol. The normalized spacial score (nSPS) is 14.9. The highest BCUT2D eigenvalue weighted by Gasteiger charge is 2.26. The van der Waals surface area contributed by atoms with Crippen LogP contribution in [0.15, 0.2) is 29.1 Å². The molecule has 7 nitrogen and oxygen atoms in total. The molecule has 1 N–H and O–H groups in total. The first-order chi connectivity index (χ1) is 14.5. The van der Waals surface area contributed by atoms with E-state index in [2.05, 4.69) is 18.8 Å². The van der Waals surface area contributed by atoms with E-state index in [1.54, 1.807) is 0 Å². The number of benzene rings is 1. The lowest BCUT2D eigenvalue weighted by molar-refractivity contribution is -0.133. The molecule has 1 aliphatic rings. The van der Waals surface area contributed by atoms with Crippen LogP contribution in [0.4, 0.5) is 0 Å². The molecule has 0 spiro atoms. The van der Waals surface area contributed by atoms with Crippen LogP contribution in [0.3, 0.4) is 0 Å². The lowest BCUT2D eigenvalue weighted by Gasteiger charge is -2.32. The van der Waals surface area contributed by atoms with Crippen LogP contribution in [-0.2, 0) is 9.59 Å². The fourth-order valence-electron chi connectivity index (χ4n) is 4.42. The number of imidazole rings is 1. The van der Waals surface area contributed by atoms with Gasteiger partial charge in [0.25, 0.3) is 0 Å². The van der Waals surface area contributed by atoms with Gasteiger partial charge >= 0.3 is 5.69 Å². The van der Waals surface area contributed by atoms with Crippen LogP contribution in [0.5, 0.6) is 0 Å². The number of piperidine rings is 1. The molecular formula is C23H34N4O3. The number of aromatic amines is 1. The molecule has 0 atom stereocenters. The van der Waals surface area contributed by atoms with Gasteiger partial charge in [-0.15, -0.1) is 0 Å². The minimum atomic E-state index is -0.0804. The SMILES string of the molecule is CCCN(CCC)C(=O)CCCC(=O)N1CCC(n2c(=O)[nH]c3ccccc32)CC1. The number of rotatable bonds is 9. The molecular weight excluding hydrogens is 380 g/mol. The van der Waals surface area contributed by atoms with Crippen LogP contribution in [0, 0.1) is 0 Å². The molecule has 1 aromatic heterocycles. The summed E-state index contributed by atoms with van der Waals surface area (Å²) in [6.45, 7) is 7.05. The van der Waals surface area contributed by atoms with Gasteiger partial charge in [-0.05, 0) is 44.2 Å². The van der Waals surface area contributed by atoms with Crippen molar-refractivity contribution in [1.29, 1.82) is 0 Å². The van der Waals surface area contributed by atoms with Gasteiger partial charge in [0, 0.05) is 45.1 Å².